The Bertz CT molecular complexity index is 585. The second-order valence-electron chi connectivity index (χ2n) is 8.37. The number of fused-ring (bicyclic) bond motifs is 1. The molecule has 0 spiro atoms. The van der Waals surface area contributed by atoms with Gasteiger partial charge in [0, 0.05) is 32.7 Å². The van der Waals surface area contributed by atoms with E-state index in [1.807, 2.05) is 6.92 Å². The van der Waals surface area contributed by atoms with Crippen molar-refractivity contribution in [3.05, 3.63) is 0 Å². The summed E-state index contributed by atoms with van der Waals surface area (Å²) in [6, 6.07) is -0.274. The maximum absolute atomic E-state index is 12.4. The van der Waals surface area contributed by atoms with Crippen LogP contribution in [-0.4, -0.2) is 66.0 Å². The number of aliphatic imine (C=N–C) groups is 1. The Kier molecular flexibility index (Phi) is 8.39. The van der Waals surface area contributed by atoms with Gasteiger partial charge in [-0.2, -0.15) is 0 Å². The molecule has 3 atom stereocenters. The van der Waals surface area contributed by atoms with Crippen LogP contribution in [0, 0.1) is 11.8 Å². The lowest BCUT2D eigenvalue weighted by Gasteiger charge is -2.22. The molecule has 2 saturated heterocycles. The largest absolute Gasteiger partial charge is 0.357 e. The van der Waals surface area contributed by atoms with Gasteiger partial charge in [-0.15, -0.1) is 24.0 Å². The molecular weight excluding hydrogens is 469 g/mol. The maximum atomic E-state index is 12.4. The first-order valence-corrected chi connectivity index (χ1v) is 10.7. The highest BCUT2D eigenvalue weighted by atomic mass is 127. The van der Waals surface area contributed by atoms with E-state index in [0.29, 0.717) is 25.9 Å². The van der Waals surface area contributed by atoms with Gasteiger partial charge in [-0.1, -0.05) is 19.8 Å². The third-order valence-electron chi connectivity index (χ3n) is 6.46. The van der Waals surface area contributed by atoms with E-state index in [1.165, 1.54) is 30.6 Å². The summed E-state index contributed by atoms with van der Waals surface area (Å²) >= 11 is 0. The van der Waals surface area contributed by atoms with Gasteiger partial charge in [-0.25, -0.2) is 4.79 Å². The molecule has 160 valence electrons. The van der Waals surface area contributed by atoms with E-state index in [2.05, 4.69) is 22.5 Å². The fourth-order valence-corrected chi connectivity index (χ4v) is 4.61. The highest BCUT2D eigenvalue weighted by molar-refractivity contribution is 14.0. The number of guanidine groups is 1. The van der Waals surface area contributed by atoms with Gasteiger partial charge in [0.1, 0.15) is 5.54 Å². The number of carbonyl (C=O) groups is 2. The second kappa shape index (κ2) is 10.1. The van der Waals surface area contributed by atoms with Crippen LogP contribution >= 0.6 is 24.0 Å². The number of imide groups is 1. The van der Waals surface area contributed by atoms with Crippen molar-refractivity contribution in [2.75, 3.05) is 32.7 Å². The van der Waals surface area contributed by atoms with E-state index in [-0.39, 0.29) is 35.9 Å². The molecule has 28 heavy (non-hydrogen) atoms. The van der Waals surface area contributed by atoms with Crippen molar-refractivity contribution >= 4 is 41.9 Å². The highest BCUT2D eigenvalue weighted by Crippen LogP contribution is 2.35. The normalized spacial score (nSPS) is 30.2. The Morgan fingerprint density at radius 1 is 1.21 bits per heavy atom. The Morgan fingerprint density at radius 2 is 1.86 bits per heavy atom. The molecular formula is C20H36IN5O2. The molecule has 3 unspecified atom stereocenters. The topological polar surface area (TPSA) is 77.0 Å². The Hall–Kier alpha value is -1.06. The van der Waals surface area contributed by atoms with E-state index in [1.54, 1.807) is 6.92 Å². The molecule has 1 aliphatic carbocycles. The average molecular weight is 505 g/mol. The first kappa shape index (κ1) is 23.2. The van der Waals surface area contributed by atoms with E-state index in [4.69, 9.17) is 4.99 Å². The summed E-state index contributed by atoms with van der Waals surface area (Å²) in [4.78, 5) is 33.1. The fraction of sp³-hybridized carbons (Fsp3) is 0.850. The molecule has 2 aliphatic heterocycles. The van der Waals surface area contributed by atoms with Crippen molar-refractivity contribution in [2.24, 2.45) is 16.8 Å². The zero-order valence-corrected chi connectivity index (χ0v) is 19.8. The minimum Gasteiger partial charge on any atom is -0.357 e. The lowest BCUT2D eigenvalue weighted by molar-refractivity contribution is -0.130. The molecule has 2 N–H and O–H groups in total. The monoisotopic (exact) mass is 505 g/mol. The predicted molar refractivity (Wildman–Crippen MR) is 122 cm³/mol. The molecule has 2 heterocycles. The van der Waals surface area contributed by atoms with Crippen molar-refractivity contribution in [3.8, 4) is 0 Å². The number of amides is 3. The fourth-order valence-electron chi connectivity index (χ4n) is 4.61. The molecule has 7 nitrogen and oxygen atoms in total. The molecule has 0 radical (unpaired) electrons. The van der Waals surface area contributed by atoms with Gasteiger partial charge in [0.2, 0.25) is 0 Å². The summed E-state index contributed by atoms with van der Waals surface area (Å²) < 4.78 is 0. The Morgan fingerprint density at radius 3 is 2.39 bits per heavy atom. The summed E-state index contributed by atoms with van der Waals surface area (Å²) in [5, 5.41) is 6.22. The van der Waals surface area contributed by atoms with Gasteiger partial charge in [0.05, 0.1) is 0 Å². The van der Waals surface area contributed by atoms with Crippen molar-refractivity contribution in [2.45, 2.75) is 64.8 Å². The standard InChI is InChI=1S/C20H35N5O2.HI/c1-4-20(3)17(26)25(19(27)23-20)12-8-11-22-18(21-5-2)24-13-15-9-6-7-10-16(15)14-24;/h15-16H,4-14H2,1-3H3,(H,21,22)(H,23,27);1H. The zero-order valence-electron chi connectivity index (χ0n) is 17.5. The van der Waals surface area contributed by atoms with Crippen LogP contribution in [-0.2, 0) is 4.79 Å². The van der Waals surface area contributed by atoms with Gasteiger partial charge >= 0.3 is 6.03 Å². The molecule has 8 heteroatoms. The third-order valence-corrected chi connectivity index (χ3v) is 6.46. The number of hydrogen-bond acceptors (Lipinski definition) is 3. The number of hydrogen-bond donors (Lipinski definition) is 2. The van der Waals surface area contributed by atoms with Gasteiger partial charge in [-0.3, -0.25) is 14.7 Å². The van der Waals surface area contributed by atoms with Crippen LogP contribution in [0.3, 0.4) is 0 Å². The summed E-state index contributed by atoms with van der Waals surface area (Å²) in [7, 11) is 0. The smallest absolute Gasteiger partial charge is 0.325 e. The summed E-state index contributed by atoms with van der Waals surface area (Å²) in [5.74, 6) is 2.51. The van der Waals surface area contributed by atoms with Crippen molar-refractivity contribution < 1.29 is 9.59 Å². The number of nitrogens with zero attached hydrogens (tertiary/aromatic N) is 3. The summed E-state index contributed by atoms with van der Waals surface area (Å²) in [5.41, 5.74) is -0.749. The third kappa shape index (κ3) is 4.91. The van der Waals surface area contributed by atoms with Gasteiger partial charge in [-0.05, 0) is 51.4 Å². The lowest BCUT2D eigenvalue weighted by Crippen LogP contribution is -2.43. The summed E-state index contributed by atoms with van der Waals surface area (Å²) in [6.07, 6.45) is 6.73. The minimum atomic E-state index is -0.749. The predicted octanol–water partition coefficient (Wildman–Crippen LogP) is 2.80. The number of likely N-dealkylation sites (tertiary alicyclic amines) is 1. The Balaban J connectivity index is 0.00000280. The molecule has 3 fully saturated rings. The van der Waals surface area contributed by atoms with E-state index in [9.17, 15) is 9.59 Å². The highest BCUT2D eigenvalue weighted by Gasteiger charge is 2.46. The summed E-state index contributed by atoms with van der Waals surface area (Å²) in [6.45, 7) is 9.92. The van der Waals surface area contributed by atoms with Crippen molar-refractivity contribution in [1.82, 2.24) is 20.4 Å². The zero-order chi connectivity index (χ0) is 19.4. The molecule has 0 aromatic rings. The van der Waals surface area contributed by atoms with Crippen LogP contribution in [0.2, 0.25) is 0 Å². The quantitative estimate of drug-likeness (QED) is 0.191. The van der Waals surface area contributed by atoms with Crippen molar-refractivity contribution in [3.63, 3.8) is 0 Å². The van der Waals surface area contributed by atoms with Gasteiger partial charge in [0.15, 0.2) is 5.96 Å². The molecule has 3 rings (SSSR count). The van der Waals surface area contributed by atoms with Crippen LogP contribution in [0.5, 0.6) is 0 Å². The first-order chi connectivity index (χ1) is 13.0. The van der Waals surface area contributed by atoms with Crippen LogP contribution < -0.4 is 10.6 Å². The van der Waals surface area contributed by atoms with Crippen LogP contribution in [0.25, 0.3) is 0 Å². The molecule has 0 aromatic heterocycles. The number of carbonyl (C=O) groups excluding carboxylic acids is 2. The molecule has 0 bridgehead atoms. The molecule has 3 amide bonds. The van der Waals surface area contributed by atoms with Gasteiger partial charge in [0.25, 0.3) is 5.91 Å². The van der Waals surface area contributed by atoms with Crippen LogP contribution in [0.15, 0.2) is 4.99 Å². The van der Waals surface area contributed by atoms with Crippen molar-refractivity contribution in [1.29, 1.82) is 0 Å². The van der Waals surface area contributed by atoms with E-state index >= 15 is 0 Å². The van der Waals surface area contributed by atoms with E-state index in [0.717, 1.165) is 37.4 Å². The minimum absolute atomic E-state index is 0. The number of urea groups is 1. The number of rotatable bonds is 6. The second-order valence-corrected chi connectivity index (χ2v) is 8.37. The van der Waals surface area contributed by atoms with Gasteiger partial charge < -0.3 is 15.5 Å². The number of nitrogens with one attached hydrogen (secondary N) is 2. The Labute approximate surface area is 186 Å². The SMILES string of the molecule is CCNC(=NCCCN1C(=O)NC(C)(CC)C1=O)N1CC2CCCCC2C1.I. The first-order valence-electron chi connectivity index (χ1n) is 10.7. The van der Waals surface area contributed by atoms with Crippen LogP contribution in [0.4, 0.5) is 4.79 Å². The van der Waals surface area contributed by atoms with Crippen LogP contribution in [0.1, 0.15) is 59.3 Å². The molecule has 0 aromatic carbocycles. The average Bonchev–Trinajstić information content (AvgIpc) is 3.18. The number of halogens is 1. The lowest BCUT2D eigenvalue weighted by atomic mass is 9.82. The van der Waals surface area contributed by atoms with E-state index < -0.39 is 5.54 Å². The molecule has 3 aliphatic rings. The maximum Gasteiger partial charge on any atom is 0.325 e. The molecule has 1 saturated carbocycles.